The summed E-state index contributed by atoms with van der Waals surface area (Å²) in [5, 5.41) is 9.21. The molecule has 1 saturated carbocycles. The van der Waals surface area contributed by atoms with Gasteiger partial charge in [-0.15, -0.1) is 12.4 Å². The van der Waals surface area contributed by atoms with Crippen LogP contribution in [0.3, 0.4) is 0 Å². The number of carbonyl (C=O) groups excluding carboxylic acids is 2. The lowest BCUT2D eigenvalue weighted by molar-refractivity contribution is -0.120. The van der Waals surface area contributed by atoms with Crippen molar-refractivity contribution >= 4 is 35.8 Å². The lowest BCUT2D eigenvalue weighted by Gasteiger charge is -2.08. The highest BCUT2D eigenvalue weighted by Gasteiger charge is 2.20. The quantitative estimate of drug-likeness (QED) is 0.627. The first-order valence-corrected chi connectivity index (χ1v) is 7.54. The first kappa shape index (κ1) is 18.7. The highest BCUT2D eigenvalue weighted by Crippen LogP contribution is 2.27. The fraction of sp³-hybridized carbons (Fsp3) is 0.467. The van der Waals surface area contributed by atoms with E-state index in [9.17, 15) is 9.59 Å². The van der Waals surface area contributed by atoms with E-state index in [1.165, 1.54) is 12.8 Å². The second kappa shape index (κ2) is 9.66. The van der Waals surface area contributed by atoms with Crippen LogP contribution in [-0.4, -0.2) is 38.0 Å². The van der Waals surface area contributed by atoms with E-state index in [0.29, 0.717) is 30.2 Å². The second-order valence-electron chi connectivity index (χ2n) is 5.19. The topological polar surface area (TPSA) is 70.2 Å². The molecule has 122 valence electrons. The molecule has 0 heterocycles. The van der Waals surface area contributed by atoms with E-state index in [0.717, 1.165) is 12.5 Å². The molecule has 0 bridgehead atoms. The van der Waals surface area contributed by atoms with Gasteiger partial charge < -0.3 is 16.0 Å². The zero-order chi connectivity index (χ0) is 15.1. The van der Waals surface area contributed by atoms with Crippen molar-refractivity contribution in [3.63, 3.8) is 0 Å². The van der Waals surface area contributed by atoms with E-state index in [2.05, 4.69) is 16.0 Å². The van der Waals surface area contributed by atoms with Crippen molar-refractivity contribution in [3.8, 4) is 0 Å². The monoisotopic (exact) mass is 345 g/mol. The van der Waals surface area contributed by atoms with E-state index in [4.69, 9.17) is 11.6 Å². The molecule has 0 spiro atoms. The normalized spacial score (nSPS) is 13.1. The molecule has 0 aliphatic heterocycles. The number of hydrogen-bond acceptors (Lipinski definition) is 3. The van der Waals surface area contributed by atoms with Crippen molar-refractivity contribution in [2.24, 2.45) is 5.92 Å². The Kier molecular flexibility index (Phi) is 8.24. The molecule has 0 atom stereocenters. The second-order valence-corrected chi connectivity index (χ2v) is 5.62. The van der Waals surface area contributed by atoms with Gasteiger partial charge in [0.05, 0.1) is 6.54 Å². The average Bonchev–Trinajstić information content (AvgIpc) is 3.28. The fourth-order valence-corrected chi connectivity index (χ4v) is 1.98. The van der Waals surface area contributed by atoms with Crippen molar-refractivity contribution < 1.29 is 9.59 Å². The average molecular weight is 346 g/mol. The predicted molar refractivity (Wildman–Crippen MR) is 89.6 cm³/mol. The molecule has 1 aromatic carbocycles. The van der Waals surface area contributed by atoms with E-state index < -0.39 is 0 Å². The van der Waals surface area contributed by atoms with Gasteiger partial charge in [-0.25, -0.2) is 0 Å². The van der Waals surface area contributed by atoms with Crippen LogP contribution in [0.5, 0.6) is 0 Å². The maximum atomic E-state index is 11.8. The van der Waals surface area contributed by atoms with Crippen LogP contribution >= 0.6 is 24.0 Å². The maximum Gasteiger partial charge on any atom is 0.251 e. The summed E-state index contributed by atoms with van der Waals surface area (Å²) in [5.74, 6) is 0.542. The molecule has 3 N–H and O–H groups in total. The smallest absolute Gasteiger partial charge is 0.251 e. The molecular weight excluding hydrogens is 325 g/mol. The molecule has 0 radical (unpaired) electrons. The summed E-state index contributed by atoms with van der Waals surface area (Å²) in [7, 11) is 0. The number of hydrogen-bond donors (Lipinski definition) is 3. The number of amides is 2. The molecule has 7 heteroatoms. The van der Waals surface area contributed by atoms with Gasteiger partial charge in [0, 0.05) is 23.7 Å². The Morgan fingerprint density at radius 2 is 1.73 bits per heavy atom. The van der Waals surface area contributed by atoms with Crippen molar-refractivity contribution in [3.05, 3.63) is 34.9 Å². The Labute approximate surface area is 141 Å². The third kappa shape index (κ3) is 7.11. The number of carbonyl (C=O) groups is 2. The van der Waals surface area contributed by atoms with Gasteiger partial charge in [-0.3, -0.25) is 9.59 Å². The van der Waals surface area contributed by atoms with Crippen LogP contribution in [0, 0.1) is 5.92 Å². The minimum Gasteiger partial charge on any atom is -0.353 e. The molecule has 0 unspecified atom stereocenters. The lowest BCUT2D eigenvalue weighted by Crippen LogP contribution is -2.39. The van der Waals surface area contributed by atoms with Gasteiger partial charge >= 0.3 is 0 Å². The summed E-state index contributed by atoms with van der Waals surface area (Å²) in [6.45, 7) is 2.07. The molecule has 0 saturated heterocycles. The van der Waals surface area contributed by atoms with Crippen LogP contribution in [0.15, 0.2) is 24.3 Å². The Balaban J connectivity index is 0.00000242. The molecule has 1 aliphatic rings. The Bertz CT molecular complexity index is 490. The maximum absolute atomic E-state index is 11.8. The molecular formula is C15H21Cl2N3O2. The van der Waals surface area contributed by atoms with Crippen LogP contribution in [0.1, 0.15) is 23.2 Å². The van der Waals surface area contributed by atoms with Gasteiger partial charge in [0.1, 0.15) is 0 Å². The van der Waals surface area contributed by atoms with Gasteiger partial charge in [0.2, 0.25) is 5.91 Å². The minimum absolute atomic E-state index is 0. The molecule has 2 rings (SSSR count). The van der Waals surface area contributed by atoms with Crippen LogP contribution < -0.4 is 16.0 Å². The van der Waals surface area contributed by atoms with E-state index in [1.807, 2.05) is 0 Å². The van der Waals surface area contributed by atoms with Gasteiger partial charge in [-0.2, -0.15) is 0 Å². The van der Waals surface area contributed by atoms with Gasteiger partial charge in [-0.05, 0) is 49.6 Å². The Morgan fingerprint density at radius 1 is 1.09 bits per heavy atom. The zero-order valence-electron chi connectivity index (χ0n) is 12.2. The van der Waals surface area contributed by atoms with Crippen molar-refractivity contribution in [1.82, 2.24) is 16.0 Å². The SMILES string of the molecule is Cl.O=C(CNCC1CC1)NCCNC(=O)c1ccc(Cl)cc1. The van der Waals surface area contributed by atoms with Crippen LogP contribution in [0.4, 0.5) is 0 Å². The van der Waals surface area contributed by atoms with E-state index in [-0.39, 0.29) is 24.2 Å². The fourth-order valence-electron chi connectivity index (χ4n) is 1.86. The summed E-state index contributed by atoms with van der Waals surface area (Å²) in [5.41, 5.74) is 0.553. The van der Waals surface area contributed by atoms with Crippen molar-refractivity contribution in [2.45, 2.75) is 12.8 Å². The molecule has 1 aromatic rings. The summed E-state index contributed by atoms with van der Waals surface area (Å²) in [6.07, 6.45) is 2.54. The van der Waals surface area contributed by atoms with Crippen LogP contribution in [0.2, 0.25) is 5.02 Å². The number of nitrogens with one attached hydrogen (secondary N) is 3. The molecule has 22 heavy (non-hydrogen) atoms. The summed E-state index contributed by atoms with van der Waals surface area (Å²) in [6, 6.07) is 6.67. The van der Waals surface area contributed by atoms with Crippen LogP contribution in [0.25, 0.3) is 0 Å². The van der Waals surface area contributed by atoms with E-state index >= 15 is 0 Å². The third-order valence-corrected chi connectivity index (χ3v) is 3.51. The zero-order valence-corrected chi connectivity index (χ0v) is 13.8. The number of halogens is 2. The van der Waals surface area contributed by atoms with Crippen LogP contribution in [-0.2, 0) is 4.79 Å². The first-order chi connectivity index (χ1) is 10.1. The lowest BCUT2D eigenvalue weighted by atomic mass is 10.2. The third-order valence-electron chi connectivity index (χ3n) is 3.25. The highest BCUT2D eigenvalue weighted by molar-refractivity contribution is 6.30. The highest BCUT2D eigenvalue weighted by atomic mass is 35.5. The Hall–Kier alpha value is -1.30. The van der Waals surface area contributed by atoms with E-state index in [1.54, 1.807) is 24.3 Å². The number of benzene rings is 1. The minimum atomic E-state index is -0.173. The summed E-state index contributed by atoms with van der Waals surface area (Å²) >= 11 is 5.76. The predicted octanol–water partition coefficient (Wildman–Crippen LogP) is 1.61. The molecule has 1 aliphatic carbocycles. The van der Waals surface area contributed by atoms with Crippen molar-refractivity contribution in [2.75, 3.05) is 26.2 Å². The molecule has 1 fully saturated rings. The largest absolute Gasteiger partial charge is 0.353 e. The summed E-state index contributed by atoms with van der Waals surface area (Å²) < 4.78 is 0. The summed E-state index contributed by atoms with van der Waals surface area (Å²) in [4.78, 5) is 23.3. The standard InChI is InChI=1S/C15H20ClN3O2.ClH/c16-13-5-3-12(4-6-13)15(21)19-8-7-18-14(20)10-17-9-11-1-2-11;/h3-6,11,17H,1-2,7-10H2,(H,18,20)(H,19,21);1H. The van der Waals surface area contributed by atoms with Gasteiger partial charge in [0.25, 0.3) is 5.91 Å². The molecule has 0 aromatic heterocycles. The van der Waals surface area contributed by atoms with Gasteiger partial charge in [0.15, 0.2) is 0 Å². The number of rotatable bonds is 8. The molecule has 5 nitrogen and oxygen atoms in total. The Morgan fingerprint density at radius 3 is 2.36 bits per heavy atom. The molecule has 2 amide bonds. The first-order valence-electron chi connectivity index (χ1n) is 7.16. The van der Waals surface area contributed by atoms with Crippen molar-refractivity contribution in [1.29, 1.82) is 0 Å². The van der Waals surface area contributed by atoms with Gasteiger partial charge in [-0.1, -0.05) is 11.6 Å².